The van der Waals surface area contributed by atoms with Gasteiger partial charge in [-0.2, -0.15) is 0 Å². The Morgan fingerprint density at radius 1 is 1.17 bits per heavy atom. The Morgan fingerprint density at radius 3 is 2.83 bits per heavy atom. The van der Waals surface area contributed by atoms with E-state index in [1.807, 2.05) is 37.3 Å². The Morgan fingerprint density at radius 2 is 2.00 bits per heavy atom. The molecule has 2 nitrogen and oxygen atoms in total. The first-order valence-electron chi connectivity index (χ1n) is 5.74. The van der Waals surface area contributed by atoms with Gasteiger partial charge in [0.2, 0.25) is 0 Å². The molecule has 0 fully saturated rings. The lowest BCUT2D eigenvalue weighted by molar-refractivity contribution is 0.0993. The second-order valence-electron chi connectivity index (χ2n) is 4.42. The van der Waals surface area contributed by atoms with Crippen LogP contribution in [-0.4, -0.2) is 5.78 Å². The van der Waals surface area contributed by atoms with Crippen LogP contribution in [0.25, 0.3) is 0 Å². The molecule has 3 rings (SSSR count). The molecule has 1 aliphatic heterocycles. The molecule has 2 aromatic carbocycles. The maximum Gasteiger partial charge on any atom is 0.171 e. The van der Waals surface area contributed by atoms with E-state index in [-0.39, 0.29) is 12.2 Å². The number of ketones is 1. The van der Waals surface area contributed by atoms with Gasteiger partial charge >= 0.3 is 0 Å². The molecule has 0 N–H and O–H groups in total. The number of halogens is 1. The summed E-state index contributed by atoms with van der Waals surface area (Å²) >= 11 is 6.12. The topological polar surface area (TPSA) is 26.3 Å². The highest BCUT2D eigenvalue weighted by molar-refractivity contribution is 6.32. The summed E-state index contributed by atoms with van der Waals surface area (Å²) < 4.78 is 5.80. The molecule has 0 spiro atoms. The van der Waals surface area contributed by atoms with Gasteiger partial charge in [-0.1, -0.05) is 29.3 Å². The van der Waals surface area contributed by atoms with Crippen molar-refractivity contribution in [3.05, 3.63) is 58.1 Å². The predicted octanol–water partition coefficient (Wildman–Crippen LogP) is 4.18. The SMILES string of the molecule is Cc1ccc2c(c1)C(=O)Cc1c(Cl)cccc1O2. The van der Waals surface area contributed by atoms with Gasteiger partial charge in [0.25, 0.3) is 0 Å². The smallest absolute Gasteiger partial charge is 0.171 e. The third-order valence-corrected chi connectivity index (χ3v) is 3.42. The molecule has 0 amide bonds. The van der Waals surface area contributed by atoms with Gasteiger partial charge in [0.1, 0.15) is 11.5 Å². The van der Waals surface area contributed by atoms with Gasteiger partial charge in [0.15, 0.2) is 5.78 Å². The number of carbonyl (C=O) groups is 1. The van der Waals surface area contributed by atoms with Gasteiger partial charge < -0.3 is 4.74 Å². The molecule has 90 valence electrons. The fourth-order valence-corrected chi connectivity index (χ4v) is 2.36. The minimum Gasteiger partial charge on any atom is -0.456 e. The zero-order chi connectivity index (χ0) is 12.7. The molecule has 18 heavy (non-hydrogen) atoms. The van der Waals surface area contributed by atoms with E-state index >= 15 is 0 Å². The fourth-order valence-electron chi connectivity index (χ4n) is 2.13. The minimum absolute atomic E-state index is 0.0422. The van der Waals surface area contributed by atoms with Crippen molar-refractivity contribution in [1.29, 1.82) is 0 Å². The molecule has 0 saturated heterocycles. The summed E-state index contributed by atoms with van der Waals surface area (Å²) in [5.41, 5.74) is 2.43. The standard InChI is InChI=1S/C15H11ClO2/c1-9-5-6-15-11(7-9)13(17)8-10-12(16)3-2-4-14(10)18-15/h2-7H,8H2,1H3. The third kappa shape index (κ3) is 1.79. The number of ether oxygens (including phenoxy) is 1. The summed E-state index contributed by atoms with van der Waals surface area (Å²) in [7, 11) is 0. The maximum atomic E-state index is 12.2. The van der Waals surface area contributed by atoms with Crippen LogP contribution in [0.2, 0.25) is 5.02 Å². The van der Waals surface area contributed by atoms with Crippen molar-refractivity contribution in [2.24, 2.45) is 0 Å². The zero-order valence-electron chi connectivity index (χ0n) is 9.87. The molecule has 3 heteroatoms. The quantitative estimate of drug-likeness (QED) is 0.709. The van der Waals surface area contributed by atoms with E-state index in [2.05, 4.69) is 0 Å². The average molecular weight is 259 g/mol. The van der Waals surface area contributed by atoms with Crippen molar-refractivity contribution >= 4 is 17.4 Å². The van der Waals surface area contributed by atoms with Crippen molar-refractivity contribution in [2.75, 3.05) is 0 Å². The summed E-state index contributed by atoms with van der Waals surface area (Å²) in [6.45, 7) is 1.96. The van der Waals surface area contributed by atoms with Gasteiger partial charge in [-0.25, -0.2) is 0 Å². The van der Waals surface area contributed by atoms with Crippen LogP contribution in [0, 0.1) is 6.92 Å². The lowest BCUT2D eigenvalue weighted by atomic mass is 10.0. The summed E-state index contributed by atoms with van der Waals surface area (Å²) in [5.74, 6) is 1.31. The van der Waals surface area contributed by atoms with Gasteiger partial charge in [-0.15, -0.1) is 0 Å². The number of Topliss-reactive ketones (excluding diaryl/α,β-unsaturated/α-hetero) is 1. The number of hydrogen-bond donors (Lipinski definition) is 0. The Kier molecular flexibility index (Phi) is 2.60. The Hall–Kier alpha value is -1.80. The minimum atomic E-state index is 0.0422. The van der Waals surface area contributed by atoms with Crippen molar-refractivity contribution in [2.45, 2.75) is 13.3 Å². The second-order valence-corrected chi connectivity index (χ2v) is 4.83. The van der Waals surface area contributed by atoms with E-state index in [0.29, 0.717) is 22.1 Å². The van der Waals surface area contributed by atoms with Crippen LogP contribution < -0.4 is 4.74 Å². The molecule has 1 aliphatic rings. The highest BCUT2D eigenvalue weighted by Crippen LogP contribution is 2.36. The van der Waals surface area contributed by atoms with Gasteiger partial charge in [-0.3, -0.25) is 4.79 Å². The monoisotopic (exact) mass is 258 g/mol. The van der Waals surface area contributed by atoms with Crippen LogP contribution in [0.3, 0.4) is 0 Å². The fraction of sp³-hybridized carbons (Fsp3) is 0.133. The van der Waals surface area contributed by atoms with E-state index in [1.165, 1.54) is 0 Å². The number of benzene rings is 2. The highest BCUT2D eigenvalue weighted by Gasteiger charge is 2.22. The molecule has 0 saturated carbocycles. The predicted molar refractivity (Wildman–Crippen MR) is 70.7 cm³/mol. The maximum absolute atomic E-state index is 12.2. The lowest BCUT2D eigenvalue weighted by Crippen LogP contribution is -2.02. The van der Waals surface area contributed by atoms with Crippen molar-refractivity contribution in [1.82, 2.24) is 0 Å². The summed E-state index contributed by atoms with van der Waals surface area (Å²) in [6.07, 6.45) is 0.283. The van der Waals surface area contributed by atoms with Crippen LogP contribution in [0.1, 0.15) is 21.5 Å². The zero-order valence-corrected chi connectivity index (χ0v) is 10.6. The number of carbonyl (C=O) groups excluding carboxylic acids is 1. The molecular weight excluding hydrogens is 248 g/mol. The first-order valence-corrected chi connectivity index (χ1v) is 6.12. The molecule has 0 aliphatic carbocycles. The summed E-state index contributed by atoms with van der Waals surface area (Å²) in [5, 5.41) is 0.574. The van der Waals surface area contributed by atoms with Crippen LogP contribution in [-0.2, 0) is 6.42 Å². The first-order chi connectivity index (χ1) is 8.65. The molecule has 0 atom stereocenters. The van der Waals surface area contributed by atoms with Crippen molar-refractivity contribution in [3.63, 3.8) is 0 Å². The number of fused-ring (bicyclic) bond motifs is 2. The molecule has 0 unspecified atom stereocenters. The Labute approximate surface area is 110 Å². The summed E-state index contributed by atoms with van der Waals surface area (Å²) in [6, 6.07) is 11.1. The number of hydrogen-bond acceptors (Lipinski definition) is 2. The van der Waals surface area contributed by atoms with Crippen LogP contribution in [0.5, 0.6) is 11.5 Å². The summed E-state index contributed by atoms with van der Waals surface area (Å²) in [4.78, 5) is 12.2. The van der Waals surface area contributed by atoms with Crippen LogP contribution in [0.4, 0.5) is 0 Å². The van der Waals surface area contributed by atoms with Crippen molar-refractivity contribution in [3.8, 4) is 11.5 Å². The van der Waals surface area contributed by atoms with E-state index < -0.39 is 0 Å². The lowest BCUT2D eigenvalue weighted by Gasteiger charge is -2.08. The van der Waals surface area contributed by atoms with Gasteiger partial charge in [-0.05, 0) is 31.2 Å². The van der Waals surface area contributed by atoms with E-state index in [4.69, 9.17) is 16.3 Å². The average Bonchev–Trinajstić information content (AvgIpc) is 2.48. The highest BCUT2D eigenvalue weighted by atomic mass is 35.5. The molecule has 2 aromatic rings. The molecular formula is C15H11ClO2. The number of rotatable bonds is 0. The molecule has 0 bridgehead atoms. The van der Waals surface area contributed by atoms with Crippen molar-refractivity contribution < 1.29 is 9.53 Å². The molecule has 1 heterocycles. The Bertz CT molecular complexity index is 647. The second kappa shape index (κ2) is 4.14. The molecule has 0 radical (unpaired) electrons. The number of aryl methyl sites for hydroxylation is 1. The van der Waals surface area contributed by atoms with Gasteiger partial charge in [0.05, 0.1) is 5.56 Å². The molecule has 0 aromatic heterocycles. The first kappa shape index (κ1) is 11.3. The van der Waals surface area contributed by atoms with E-state index in [9.17, 15) is 4.79 Å². The van der Waals surface area contributed by atoms with Gasteiger partial charge in [0, 0.05) is 17.0 Å². The van der Waals surface area contributed by atoms with Crippen LogP contribution in [0.15, 0.2) is 36.4 Å². The van der Waals surface area contributed by atoms with Crippen LogP contribution >= 0.6 is 11.6 Å². The largest absolute Gasteiger partial charge is 0.456 e. The van der Waals surface area contributed by atoms with E-state index in [1.54, 1.807) is 6.07 Å². The van der Waals surface area contributed by atoms with E-state index in [0.717, 1.165) is 11.1 Å². The Balaban J connectivity index is 2.19. The third-order valence-electron chi connectivity index (χ3n) is 3.07. The normalized spacial score (nSPS) is 13.3.